The van der Waals surface area contributed by atoms with Crippen molar-refractivity contribution in [1.82, 2.24) is 15.0 Å². The number of nitriles is 1. The lowest BCUT2D eigenvalue weighted by atomic mass is 10.1. The maximum atomic E-state index is 11.8. The average Bonchev–Trinajstić information content (AvgIpc) is 2.48. The fraction of sp³-hybridized carbons (Fsp3) is 0.231. The minimum absolute atomic E-state index is 0.122. The fourth-order valence-electron chi connectivity index (χ4n) is 2.30. The van der Waals surface area contributed by atoms with E-state index in [1.807, 2.05) is 11.0 Å². The number of aromatic nitrogens is 3. The van der Waals surface area contributed by atoms with Gasteiger partial charge in [-0.1, -0.05) is 0 Å². The molecule has 0 aliphatic carbocycles. The number of pyridine rings is 1. The molecule has 0 radical (unpaired) electrons. The molecule has 0 aromatic carbocycles. The largest absolute Gasteiger partial charge is 0.383 e. The molecular formula is C13H12N6O. The number of H-pyrrole nitrogens is 1. The first kappa shape index (κ1) is 12.2. The molecule has 0 saturated carbocycles. The number of nitrogens with zero attached hydrogens (tertiary/aromatic N) is 4. The Morgan fingerprint density at radius 2 is 2.30 bits per heavy atom. The summed E-state index contributed by atoms with van der Waals surface area (Å²) >= 11 is 0. The van der Waals surface area contributed by atoms with Crippen LogP contribution in [0, 0.1) is 11.3 Å². The van der Waals surface area contributed by atoms with Crippen molar-refractivity contribution in [3.63, 3.8) is 0 Å². The minimum atomic E-state index is -0.122. The number of rotatable bonds is 1. The predicted molar refractivity (Wildman–Crippen MR) is 73.0 cm³/mol. The molecule has 0 saturated heterocycles. The zero-order valence-corrected chi connectivity index (χ0v) is 10.6. The normalized spacial score (nSPS) is 13.7. The second-order valence-electron chi connectivity index (χ2n) is 4.57. The van der Waals surface area contributed by atoms with Crippen molar-refractivity contribution in [2.24, 2.45) is 0 Å². The first-order chi connectivity index (χ1) is 9.69. The van der Waals surface area contributed by atoms with E-state index in [9.17, 15) is 4.79 Å². The smallest absolute Gasteiger partial charge is 0.255 e. The molecule has 2 aromatic heterocycles. The van der Waals surface area contributed by atoms with Crippen molar-refractivity contribution >= 4 is 11.5 Å². The Kier molecular flexibility index (Phi) is 2.84. The zero-order chi connectivity index (χ0) is 14.1. The van der Waals surface area contributed by atoms with Gasteiger partial charge in [0, 0.05) is 13.0 Å². The van der Waals surface area contributed by atoms with E-state index in [1.54, 1.807) is 12.3 Å². The van der Waals surface area contributed by atoms with Crippen LogP contribution in [0.3, 0.4) is 0 Å². The van der Waals surface area contributed by atoms with Gasteiger partial charge >= 0.3 is 0 Å². The second kappa shape index (κ2) is 4.66. The molecule has 1 aliphatic rings. The molecular weight excluding hydrogens is 256 g/mol. The van der Waals surface area contributed by atoms with Crippen molar-refractivity contribution in [2.75, 3.05) is 17.2 Å². The molecule has 0 fully saturated rings. The summed E-state index contributed by atoms with van der Waals surface area (Å²) in [4.78, 5) is 24.6. The van der Waals surface area contributed by atoms with Gasteiger partial charge in [-0.2, -0.15) is 5.26 Å². The minimum Gasteiger partial charge on any atom is -0.383 e. The molecule has 100 valence electrons. The Bertz CT molecular complexity index is 760. The Hall–Kier alpha value is -2.88. The molecule has 0 atom stereocenters. The molecule has 7 nitrogen and oxygen atoms in total. The molecule has 20 heavy (non-hydrogen) atoms. The fourth-order valence-corrected chi connectivity index (χ4v) is 2.30. The van der Waals surface area contributed by atoms with Crippen LogP contribution in [0.4, 0.5) is 11.5 Å². The van der Waals surface area contributed by atoms with Crippen LogP contribution in [0.25, 0.3) is 0 Å². The number of nitrogen functional groups attached to an aromatic ring is 1. The van der Waals surface area contributed by atoms with Gasteiger partial charge in [0.1, 0.15) is 11.9 Å². The van der Waals surface area contributed by atoms with Crippen molar-refractivity contribution in [2.45, 2.75) is 13.0 Å². The van der Waals surface area contributed by atoms with E-state index in [-0.39, 0.29) is 11.4 Å². The van der Waals surface area contributed by atoms with Gasteiger partial charge in [0.25, 0.3) is 5.56 Å². The first-order valence-corrected chi connectivity index (χ1v) is 6.15. The summed E-state index contributed by atoms with van der Waals surface area (Å²) in [6, 6.07) is 3.70. The highest BCUT2D eigenvalue weighted by atomic mass is 16.1. The molecule has 0 bridgehead atoms. The number of anilines is 2. The van der Waals surface area contributed by atoms with Gasteiger partial charge in [-0.25, -0.2) is 9.97 Å². The summed E-state index contributed by atoms with van der Waals surface area (Å²) in [5.41, 5.74) is 8.10. The maximum Gasteiger partial charge on any atom is 0.255 e. The molecule has 3 rings (SSSR count). The molecule has 3 heterocycles. The van der Waals surface area contributed by atoms with E-state index in [1.165, 1.54) is 6.33 Å². The van der Waals surface area contributed by atoms with Crippen LogP contribution in [-0.4, -0.2) is 21.5 Å². The van der Waals surface area contributed by atoms with E-state index < -0.39 is 0 Å². The highest BCUT2D eigenvalue weighted by Gasteiger charge is 2.20. The van der Waals surface area contributed by atoms with Crippen LogP contribution in [0.1, 0.15) is 16.8 Å². The number of aromatic amines is 1. The molecule has 1 aliphatic heterocycles. The van der Waals surface area contributed by atoms with Crippen LogP contribution in [0.5, 0.6) is 0 Å². The Morgan fingerprint density at radius 3 is 3.10 bits per heavy atom. The summed E-state index contributed by atoms with van der Waals surface area (Å²) in [7, 11) is 0. The third-order valence-electron chi connectivity index (χ3n) is 3.40. The standard InChI is InChI=1S/C13H12N6O/c14-4-8-3-9(5-16-12(8)15)19-2-1-11-10(6-19)13(20)18-7-17-11/h3,5,7H,1-2,6H2,(H2,15,16)(H,17,18,20). The number of hydrogen-bond acceptors (Lipinski definition) is 6. The monoisotopic (exact) mass is 268 g/mol. The zero-order valence-electron chi connectivity index (χ0n) is 10.6. The van der Waals surface area contributed by atoms with Gasteiger partial charge < -0.3 is 15.6 Å². The van der Waals surface area contributed by atoms with Gasteiger partial charge in [0.05, 0.1) is 41.6 Å². The van der Waals surface area contributed by atoms with Crippen LogP contribution in [-0.2, 0) is 13.0 Å². The number of hydrogen-bond donors (Lipinski definition) is 2. The Morgan fingerprint density at radius 1 is 1.45 bits per heavy atom. The van der Waals surface area contributed by atoms with E-state index >= 15 is 0 Å². The summed E-state index contributed by atoms with van der Waals surface area (Å²) in [5.74, 6) is 0.216. The van der Waals surface area contributed by atoms with Crippen LogP contribution < -0.4 is 16.2 Å². The topological polar surface area (TPSA) is 112 Å². The quantitative estimate of drug-likeness (QED) is 0.763. The molecule has 0 unspecified atom stereocenters. The van der Waals surface area contributed by atoms with E-state index in [0.29, 0.717) is 24.1 Å². The summed E-state index contributed by atoms with van der Waals surface area (Å²) < 4.78 is 0. The molecule has 3 N–H and O–H groups in total. The van der Waals surface area contributed by atoms with Crippen LogP contribution in [0.15, 0.2) is 23.4 Å². The van der Waals surface area contributed by atoms with Crippen molar-refractivity contribution in [3.8, 4) is 6.07 Å². The molecule has 0 amide bonds. The van der Waals surface area contributed by atoms with E-state index in [0.717, 1.165) is 17.9 Å². The number of nitrogens with one attached hydrogen (secondary N) is 1. The van der Waals surface area contributed by atoms with Gasteiger partial charge in [-0.15, -0.1) is 0 Å². The molecule has 2 aromatic rings. The second-order valence-corrected chi connectivity index (χ2v) is 4.57. The lowest BCUT2D eigenvalue weighted by Gasteiger charge is -2.29. The van der Waals surface area contributed by atoms with Crippen molar-refractivity contribution in [3.05, 3.63) is 45.8 Å². The third kappa shape index (κ3) is 1.97. The van der Waals surface area contributed by atoms with Crippen molar-refractivity contribution < 1.29 is 0 Å². The molecule has 7 heteroatoms. The first-order valence-electron chi connectivity index (χ1n) is 6.15. The Labute approximate surface area is 114 Å². The number of nitrogens with two attached hydrogens (primary N) is 1. The van der Waals surface area contributed by atoms with Gasteiger partial charge in [-0.05, 0) is 6.07 Å². The maximum absolute atomic E-state index is 11.8. The average molecular weight is 268 g/mol. The third-order valence-corrected chi connectivity index (χ3v) is 3.40. The summed E-state index contributed by atoms with van der Waals surface area (Å²) in [6.07, 6.45) is 3.73. The SMILES string of the molecule is N#Cc1cc(N2CCc3nc[nH]c(=O)c3C2)cnc1N. The summed E-state index contributed by atoms with van der Waals surface area (Å²) in [6.45, 7) is 1.18. The van der Waals surface area contributed by atoms with Gasteiger partial charge in [-0.3, -0.25) is 4.79 Å². The van der Waals surface area contributed by atoms with Crippen LogP contribution >= 0.6 is 0 Å². The van der Waals surface area contributed by atoms with Gasteiger partial charge in [0.15, 0.2) is 0 Å². The van der Waals surface area contributed by atoms with Gasteiger partial charge in [0.2, 0.25) is 0 Å². The lowest BCUT2D eigenvalue weighted by Crippen LogP contribution is -2.35. The highest BCUT2D eigenvalue weighted by Crippen LogP contribution is 2.23. The van der Waals surface area contributed by atoms with Crippen molar-refractivity contribution in [1.29, 1.82) is 5.26 Å². The summed E-state index contributed by atoms with van der Waals surface area (Å²) in [5, 5.41) is 8.99. The predicted octanol–water partition coefficient (Wildman–Crippen LogP) is 0.181. The number of fused-ring (bicyclic) bond motifs is 1. The van der Waals surface area contributed by atoms with E-state index in [4.69, 9.17) is 11.0 Å². The van der Waals surface area contributed by atoms with E-state index in [2.05, 4.69) is 15.0 Å². The Balaban J connectivity index is 1.97. The van der Waals surface area contributed by atoms with Crippen LogP contribution in [0.2, 0.25) is 0 Å². The molecule has 0 spiro atoms. The lowest BCUT2D eigenvalue weighted by molar-refractivity contribution is 0.696. The highest BCUT2D eigenvalue weighted by molar-refractivity contribution is 5.58.